The Bertz CT molecular complexity index is 1000. The first-order chi connectivity index (χ1) is 12.4. The van der Waals surface area contributed by atoms with Crippen LogP contribution >= 0.6 is 15.9 Å². The lowest BCUT2D eigenvalue weighted by Crippen LogP contribution is -2.15. The molecule has 0 heterocycles. The van der Waals surface area contributed by atoms with Gasteiger partial charge in [0.1, 0.15) is 6.10 Å². The SMILES string of the molecule is Cc1ccc(S(=O)(=O)Nc2ccccc2[C@H](O)c2ccc(Br)cc2)cc1. The maximum Gasteiger partial charge on any atom is 0.261 e. The van der Waals surface area contributed by atoms with Gasteiger partial charge in [-0.25, -0.2) is 8.42 Å². The molecule has 0 aliphatic heterocycles. The topological polar surface area (TPSA) is 66.4 Å². The van der Waals surface area contributed by atoms with E-state index in [0.717, 1.165) is 10.0 Å². The second-order valence-electron chi connectivity index (χ2n) is 5.96. The van der Waals surface area contributed by atoms with Gasteiger partial charge < -0.3 is 5.11 Å². The van der Waals surface area contributed by atoms with E-state index in [9.17, 15) is 13.5 Å². The molecule has 4 nitrogen and oxygen atoms in total. The summed E-state index contributed by atoms with van der Waals surface area (Å²) in [4.78, 5) is 0.177. The minimum absolute atomic E-state index is 0.177. The van der Waals surface area contributed by atoms with Crippen LogP contribution < -0.4 is 4.72 Å². The summed E-state index contributed by atoms with van der Waals surface area (Å²) in [5.41, 5.74) is 2.50. The van der Waals surface area contributed by atoms with Gasteiger partial charge in [-0.1, -0.05) is 64.0 Å². The minimum atomic E-state index is -3.74. The van der Waals surface area contributed by atoms with Crippen LogP contribution in [0, 0.1) is 6.92 Å². The smallest absolute Gasteiger partial charge is 0.261 e. The number of anilines is 1. The van der Waals surface area contributed by atoms with Crippen LogP contribution in [0.2, 0.25) is 0 Å². The Balaban J connectivity index is 1.94. The molecule has 6 heteroatoms. The third-order valence-electron chi connectivity index (χ3n) is 4.02. The molecule has 0 saturated heterocycles. The summed E-state index contributed by atoms with van der Waals surface area (Å²) in [6, 6.07) is 20.7. The van der Waals surface area contributed by atoms with Crippen molar-refractivity contribution in [1.29, 1.82) is 0 Å². The molecular formula is C20H18BrNO3S. The maximum atomic E-state index is 12.7. The van der Waals surface area contributed by atoms with Crippen molar-refractivity contribution in [2.45, 2.75) is 17.9 Å². The minimum Gasteiger partial charge on any atom is -0.384 e. The fourth-order valence-electron chi connectivity index (χ4n) is 2.57. The molecule has 0 aliphatic rings. The first-order valence-electron chi connectivity index (χ1n) is 7.99. The summed E-state index contributed by atoms with van der Waals surface area (Å²) in [5.74, 6) is 0. The van der Waals surface area contributed by atoms with Gasteiger partial charge in [0.15, 0.2) is 0 Å². The predicted molar refractivity (Wildman–Crippen MR) is 107 cm³/mol. The van der Waals surface area contributed by atoms with E-state index in [0.29, 0.717) is 16.8 Å². The molecule has 0 unspecified atom stereocenters. The summed E-state index contributed by atoms with van der Waals surface area (Å²) in [6.45, 7) is 1.90. The maximum absolute atomic E-state index is 12.7. The van der Waals surface area contributed by atoms with Gasteiger partial charge in [0, 0.05) is 10.0 Å². The summed E-state index contributed by atoms with van der Waals surface area (Å²) in [7, 11) is -3.74. The molecule has 0 aliphatic carbocycles. The number of sulfonamides is 1. The second kappa shape index (κ2) is 7.61. The Kier molecular flexibility index (Phi) is 5.46. The number of aliphatic hydroxyl groups excluding tert-OH is 1. The molecule has 3 rings (SSSR count). The highest BCUT2D eigenvalue weighted by atomic mass is 79.9. The summed E-state index contributed by atoms with van der Waals surface area (Å²) in [6.07, 6.45) is -0.944. The first kappa shape index (κ1) is 18.6. The van der Waals surface area contributed by atoms with Crippen molar-refractivity contribution < 1.29 is 13.5 Å². The number of nitrogens with one attached hydrogen (secondary N) is 1. The van der Waals surface area contributed by atoms with Crippen LogP contribution in [0.5, 0.6) is 0 Å². The zero-order valence-corrected chi connectivity index (χ0v) is 16.5. The quantitative estimate of drug-likeness (QED) is 0.618. The van der Waals surface area contributed by atoms with E-state index in [1.165, 1.54) is 0 Å². The zero-order chi connectivity index (χ0) is 18.7. The average molecular weight is 432 g/mol. The van der Waals surface area contributed by atoms with E-state index in [2.05, 4.69) is 20.7 Å². The molecule has 3 aromatic carbocycles. The van der Waals surface area contributed by atoms with E-state index in [4.69, 9.17) is 0 Å². The van der Waals surface area contributed by atoms with Gasteiger partial charge in [0.2, 0.25) is 0 Å². The highest BCUT2D eigenvalue weighted by molar-refractivity contribution is 9.10. The number of para-hydroxylation sites is 1. The summed E-state index contributed by atoms with van der Waals surface area (Å²) in [5, 5.41) is 10.7. The number of halogens is 1. The van der Waals surface area contributed by atoms with Crippen LogP contribution in [0.3, 0.4) is 0 Å². The zero-order valence-electron chi connectivity index (χ0n) is 14.1. The third-order valence-corrected chi connectivity index (χ3v) is 5.93. The molecule has 0 amide bonds. The number of rotatable bonds is 5. The van der Waals surface area contributed by atoms with Crippen molar-refractivity contribution in [3.63, 3.8) is 0 Å². The number of hydrogen-bond donors (Lipinski definition) is 2. The highest BCUT2D eigenvalue weighted by Gasteiger charge is 2.19. The Morgan fingerprint density at radius 3 is 2.19 bits per heavy atom. The lowest BCUT2D eigenvalue weighted by molar-refractivity contribution is 0.221. The molecule has 0 radical (unpaired) electrons. The van der Waals surface area contributed by atoms with Crippen molar-refractivity contribution in [2.24, 2.45) is 0 Å². The monoisotopic (exact) mass is 431 g/mol. The molecule has 26 heavy (non-hydrogen) atoms. The Morgan fingerprint density at radius 1 is 0.923 bits per heavy atom. The summed E-state index contributed by atoms with van der Waals surface area (Å²) >= 11 is 3.36. The van der Waals surface area contributed by atoms with E-state index < -0.39 is 16.1 Å². The molecule has 1 atom stereocenters. The highest BCUT2D eigenvalue weighted by Crippen LogP contribution is 2.30. The average Bonchev–Trinajstić information content (AvgIpc) is 2.62. The Hall–Kier alpha value is -2.15. The van der Waals surface area contributed by atoms with E-state index in [-0.39, 0.29) is 4.90 Å². The lowest BCUT2D eigenvalue weighted by atomic mass is 10.0. The Morgan fingerprint density at radius 2 is 1.54 bits per heavy atom. The predicted octanol–water partition coefficient (Wildman–Crippen LogP) is 4.64. The molecular weight excluding hydrogens is 414 g/mol. The standard InChI is InChI=1S/C20H18BrNO3S/c1-14-6-12-17(13-7-14)26(24,25)22-19-5-3-2-4-18(19)20(23)15-8-10-16(21)11-9-15/h2-13,20,22-23H,1H3/t20-/m1/s1. The summed E-state index contributed by atoms with van der Waals surface area (Å²) < 4.78 is 28.8. The van der Waals surface area contributed by atoms with Crippen LogP contribution in [0.4, 0.5) is 5.69 Å². The van der Waals surface area contributed by atoms with Crippen molar-refractivity contribution in [1.82, 2.24) is 0 Å². The van der Waals surface area contributed by atoms with E-state index in [1.807, 2.05) is 19.1 Å². The largest absolute Gasteiger partial charge is 0.384 e. The van der Waals surface area contributed by atoms with E-state index >= 15 is 0 Å². The molecule has 0 bridgehead atoms. The number of benzene rings is 3. The lowest BCUT2D eigenvalue weighted by Gasteiger charge is -2.17. The van der Waals surface area contributed by atoms with Gasteiger partial charge in [0.25, 0.3) is 10.0 Å². The molecule has 2 N–H and O–H groups in total. The van der Waals surface area contributed by atoms with Crippen molar-refractivity contribution in [2.75, 3.05) is 4.72 Å². The van der Waals surface area contributed by atoms with Crippen LogP contribution in [0.15, 0.2) is 82.2 Å². The van der Waals surface area contributed by atoms with Crippen molar-refractivity contribution in [3.8, 4) is 0 Å². The third kappa shape index (κ3) is 4.15. The van der Waals surface area contributed by atoms with Gasteiger partial charge in [-0.05, 0) is 42.8 Å². The number of aryl methyl sites for hydroxylation is 1. The Labute approximate surface area is 161 Å². The van der Waals surface area contributed by atoms with Crippen molar-refractivity contribution in [3.05, 3.63) is 94.0 Å². The van der Waals surface area contributed by atoms with Gasteiger partial charge in [-0.15, -0.1) is 0 Å². The van der Waals surface area contributed by atoms with Crippen LogP contribution in [0.1, 0.15) is 22.8 Å². The molecule has 3 aromatic rings. The number of hydrogen-bond acceptors (Lipinski definition) is 3. The van der Waals surface area contributed by atoms with Gasteiger partial charge in [-0.3, -0.25) is 4.72 Å². The van der Waals surface area contributed by atoms with Crippen molar-refractivity contribution >= 4 is 31.6 Å². The second-order valence-corrected chi connectivity index (χ2v) is 8.56. The molecule has 0 aromatic heterocycles. The van der Waals surface area contributed by atoms with Gasteiger partial charge in [0.05, 0.1) is 10.6 Å². The van der Waals surface area contributed by atoms with Crippen LogP contribution in [-0.2, 0) is 10.0 Å². The molecule has 0 spiro atoms. The fourth-order valence-corrected chi connectivity index (χ4v) is 3.93. The van der Waals surface area contributed by atoms with Gasteiger partial charge in [-0.2, -0.15) is 0 Å². The molecule has 134 valence electrons. The molecule has 0 saturated carbocycles. The number of aliphatic hydroxyl groups is 1. The van der Waals surface area contributed by atoms with Gasteiger partial charge >= 0.3 is 0 Å². The van der Waals surface area contributed by atoms with Crippen LogP contribution in [-0.4, -0.2) is 13.5 Å². The van der Waals surface area contributed by atoms with E-state index in [1.54, 1.807) is 60.7 Å². The van der Waals surface area contributed by atoms with Crippen LogP contribution in [0.25, 0.3) is 0 Å². The first-order valence-corrected chi connectivity index (χ1v) is 10.3. The molecule has 0 fully saturated rings. The fraction of sp³-hybridized carbons (Fsp3) is 0.100. The normalized spacial score (nSPS) is 12.6.